The number of hydrogen-bond acceptors (Lipinski definition) is 3. The van der Waals surface area contributed by atoms with Crippen LogP contribution in [-0.4, -0.2) is 29.8 Å². The second-order valence-electron chi connectivity index (χ2n) is 7.64. The molecule has 1 atom stereocenters. The number of likely N-dealkylation sites (tertiary alicyclic amines) is 1. The van der Waals surface area contributed by atoms with E-state index in [2.05, 4.69) is 24.4 Å². The standard InChI is InChI=1S/C22H26N2O2S/c1-15-6-2-3-7-17(15)14-23-21(25)16-8-9-19-18(12-16)13-20(27-19)22(26)24-10-4-5-11-24/h2-3,6-7,13,16H,4-5,8-12,14H2,1H3,(H,23,25)/t16-/m1/s1. The van der Waals surface area contributed by atoms with E-state index < -0.39 is 0 Å². The predicted octanol–water partition coefficient (Wildman–Crippen LogP) is 3.71. The van der Waals surface area contributed by atoms with Crippen molar-refractivity contribution in [1.29, 1.82) is 0 Å². The summed E-state index contributed by atoms with van der Waals surface area (Å²) >= 11 is 1.63. The Morgan fingerprint density at radius 3 is 2.78 bits per heavy atom. The highest BCUT2D eigenvalue weighted by Gasteiger charge is 2.29. The summed E-state index contributed by atoms with van der Waals surface area (Å²) in [5.41, 5.74) is 3.56. The lowest BCUT2D eigenvalue weighted by Gasteiger charge is -2.21. The number of aryl methyl sites for hydroxylation is 2. The minimum Gasteiger partial charge on any atom is -0.352 e. The van der Waals surface area contributed by atoms with Gasteiger partial charge in [-0.05, 0) is 61.8 Å². The van der Waals surface area contributed by atoms with Crippen LogP contribution in [0.2, 0.25) is 0 Å². The Kier molecular flexibility index (Phi) is 5.30. The number of thiophene rings is 1. The first-order valence-corrected chi connectivity index (χ1v) is 10.7. The normalized spacial score (nSPS) is 19.0. The molecule has 2 aliphatic rings. The lowest BCUT2D eigenvalue weighted by atomic mass is 9.87. The van der Waals surface area contributed by atoms with E-state index in [1.54, 1.807) is 11.3 Å². The van der Waals surface area contributed by atoms with E-state index in [1.807, 2.05) is 23.1 Å². The summed E-state index contributed by atoms with van der Waals surface area (Å²) < 4.78 is 0. The molecule has 142 valence electrons. The van der Waals surface area contributed by atoms with Crippen LogP contribution in [0.25, 0.3) is 0 Å². The van der Waals surface area contributed by atoms with Crippen LogP contribution in [0.5, 0.6) is 0 Å². The molecule has 1 saturated heterocycles. The fourth-order valence-electron chi connectivity index (χ4n) is 4.06. The van der Waals surface area contributed by atoms with Crippen molar-refractivity contribution in [3.63, 3.8) is 0 Å². The van der Waals surface area contributed by atoms with E-state index in [0.29, 0.717) is 6.54 Å². The summed E-state index contributed by atoms with van der Waals surface area (Å²) in [6, 6.07) is 10.2. The minimum atomic E-state index is 0.00542. The fraction of sp³-hybridized carbons (Fsp3) is 0.455. The number of carbonyl (C=O) groups is 2. The minimum absolute atomic E-state index is 0.00542. The van der Waals surface area contributed by atoms with Gasteiger partial charge in [-0.1, -0.05) is 24.3 Å². The Bertz CT molecular complexity index is 852. The van der Waals surface area contributed by atoms with Crippen LogP contribution in [0.3, 0.4) is 0 Å². The molecule has 1 N–H and O–H groups in total. The summed E-state index contributed by atoms with van der Waals surface area (Å²) in [5, 5.41) is 3.10. The number of amides is 2. The van der Waals surface area contributed by atoms with Crippen LogP contribution in [-0.2, 0) is 24.2 Å². The third-order valence-electron chi connectivity index (χ3n) is 5.77. The Hall–Kier alpha value is -2.14. The third-order valence-corrected chi connectivity index (χ3v) is 7.00. The van der Waals surface area contributed by atoms with Crippen molar-refractivity contribution in [3.05, 3.63) is 56.8 Å². The molecule has 0 radical (unpaired) electrons. The first-order chi connectivity index (χ1) is 13.1. The van der Waals surface area contributed by atoms with E-state index in [1.165, 1.54) is 16.0 Å². The molecule has 2 amide bonds. The number of carbonyl (C=O) groups excluding carboxylic acids is 2. The van der Waals surface area contributed by atoms with Gasteiger partial charge in [0.05, 0.1) is 4.88 Å². The lowest BCUT2D eigenvalue weighted by Crippen LogP contribution is -2.33. The predicted molar refractivity (Wildman–Crippen MR) is 108 cm³/mol. The van der Waals surface area contributed by atoms with Gasteiger partial charge in [0, 0.05) is 30.4 Å². The Morgan fingerprint density at radius 1 is 1.22 bits per heavy atom. The van der Waals surface area contributed by atoms with Crippen molar-refractivity contribution in [2.75, 3.05) is 13.1 Å². The molecule has 1 aliphatic heterocycles. The molecule has 1 aromatic heterocycles. The van der Waals surface area contributed by atoms with Gasteiger partial charge in [0.15, 0.2) is 0 Å². The summed E-state index contributed by atoms with van der Waals surface area (Å²) in [7, 11) is 0. The van der Waals surface area contributed by atoms with E-state index in [0.717, 1.165) is 55.6 Å². The average Bonchev–Trinajstić information content (AvgIpc) is 3.35. The molecule has 1 aliphatic carbocycles. The van der Waals surface area contributed by atoms with E-state index in [9.17, 15) is 9.59 Å². The third kappa shape index (κ3) is 3.93. The molecule has 2 aromatic rings. The van der Waals surface area contributed by atoms with Crippen LogP contribution in [0.15, 0.2) is 30.3 Å². The summed E-state index contributed by atoms with van der Waals surface area (Å²) in [5.74, 6) is 0.306. The molecule has 27 heavy (non-hydrogen) atoms. The largest absolute Gasteiger partial charge is 0.352 e. The van der Waals surface area contributed by atoms with Gasteiger partial charge in [-0.25, -0.2) is 0 Å². The summed E-state index contributed by atoms with van der Waals surface area (Å²) in [6.45, 7) is 4.41. The molecule has 4 nitrogen and oxygen atoms in total. The average molecular weight is 383 g/mol. The zero-order valence-corrected chi connectivity index (χ0v) is 16.6. The van der Waals surface area contributed by atoms with Crippen molar-refractivity contribution in [2.45, 2.75) is 45.6 Å². The SMILES string of the molecule is Cc1ccccc1CNC(=O)[C@@H]1CCc2sc(C(=O)N3CCCC3)cc2C1. The molecule has 5 heteroatoms. The number of nitrogens with one attached hydrogen (secondary N) is 1. The molecule has 4 rings (SSSR count). The van der Waals surface area contributed by atoms with Gasteiger partial charge < -0.3 is 10.2 Å². The number of hydrogen-bond donors (Lipinski definition) is 1. The fourth-order valence-corrected chi connectivity index (χ4v) is 5.24. The van der Waals surface area contributed by atoms with Crippen LogP contribution in [0.4, 0.5) is 0 Å². The van der Waals surface area contributed by atoms with Crippen LogP contribution >= 0.6 is 11.3 Å². The van der Waals surface area contributed by atoms with E-state index in [-0.39, 0.29) is 17.7 Å². The first kappa shape index (κ1) is 18.2. The summed E-state index contributed by atoms with van der Waals surface area (Å²) in [4.78, 5) is 29.4. The van der Waals surface area contributed by atoms with Gasteiger partial charge >= 0.3 is 0 Å². The van der Waals surface area contributed by atoms with Crippen molar-refractivity contribution in [2.24, 2.45) is 5.92 Å². The maximum atomic E-state index is 12.7. The van der Waals surface area contributed by atoms with Crippen LogP contribution in [0.1, 0.15) is 50.5 Å². The van der Waals surface area contributed by atoms with Crippen molar-refractivity contribution < 1.29 is 9.59 Å². The van der Waals surface area contributed by atoms with Gasteiger partial charge in [-0.3, -0.25) is 9.59 Å². The molecular formula is C22H26N2O2S. The number of benzene rings is 1. The van der Waals surface area contributed by atoms with E-state index >= 15 is 0 Å². The molecular weight excluding hydrogens is 356 g/mol. The Labute approximate surface area is 164 Å². The topological polar surface area (TPSA) is 49.4 Å². The molecule has 0 saturated carbocycles. The Morgan fingerprint density at radius 2 is 2.00 bits per heavy atom. The first-order valence-electron chi connectivity index (χ1n) is 9.85. The lowest BCUT2D eigenvalue weighted by molar-refractivity contribution is -0.125. The highest BCUT2D eigenvalue weighted by atomic mass is 32.1. The number of nitrogens with zero attached hydrogens (tertiary/aromatic N) is 1. The second kappa shape index (κ2) is 7.85. The van der Waals surface area contributed by atoms with Gasteiger partial charge in [0.25, 0.3) is 5.91 Å². The highest BCUT2D eigenvalue weighted by Crippen LogP contribution is 2.33. The summed E-state index contributed by atoms with van der Waals surface area (Å²) in [6.07, 6.45) is 4.73. The van der Waals surface area contributed by atoms with Crippen molar-refractivity contribution in [1.82, 2.24) is 10.2 Å². The molecule has 2 heterocycles. The van der Waals surface area contributed by atoms with Crippen LogP contribution < -0.4 is 5.32 Å². The smallest absolute Gasteiger partial charge is 0.263 e. The van der Waals surface area contributed by atoms with Crippen molar-refractivity contribution >= 4 is 23.2 Å². The zero-order chi connectivity index (χ0) is 18.8. The monoisotopic (exact) mass is 382 g/mol. The number of rotatable bonds is 4. The Balaban J connectivity index is 1.38. The van der Waals surface area contributed by atoms with Gasteiger partial charge in [-0.15, -0.1) is 11.3 Å². The van der Waals surface area contributed by atoms with Crippen molar-refractivity contribution in [3.8, 4) is 0 Å². The van der Waals surface area contributed by atoms with Gasteiger partial charge in [-0.2, -0.15) is 0 Å². The maximum Gasteiger partial charge on any atom is 0.263 e. The van der Waals surface area contributed by atoms with Gasteiger partial charge in [0.2, 0.25) is 5.91 Å². The quantitative estimate of drug-likeness (QED) is 0.876. The molecule has 1 aromatic carbocycles. The highest BCUT2D eigenvalue weighted by molar-refractivity contribution is 7.14. The number of fused-ring (bicyclic) bond motifs is 1. The molecule has 0 unspecified atom stereocenters. The van der Waals surface area contributed by atoms with E-state index in [4.69, 9.17) is 0 Å². The molecule has 0 bridgehead atoms. The maximum absolute atomic E-state index is 12.7. The zero-order valence-electron chi connectivity index (χ0n) is 15.8. The van der Waals surface area contributed by atoms with Crippen LogP contribution in [0, 0.1) is 12.8 Å². The van der Waals surface area contributed by atoms with Gasteiger partial charge in [0.1, 0.15) is 0 Å². The molecule has 1 fully saturated rings. The second-order valence-corrected chi connectivity index (χ2v) is 8.78. The molecule has 0 spiro atoms.